The topological polar surface area (TPSA) is 24.5 Å². The number of ether oxygens (including phenoxy) is 1. The Morgan fingerprint density at radius 3 is 2.83 bits per heavy atom. The Kier molecular flexibility index (Phi) is 3.65. The van der Waals surface area contributed by atoms with E-state index < -0.39 is 6.36 Å². The molecule has 1 aromatic rings. The first kappa shape index (κ1) is 13.0. The molecule has 0 amide bonds. The highest BCUT2D eigenvalue weighted by Crippen LogP contribution is 2.27. The molecule has 1 unspecified atom stereocenters. The second-order valence-electron chi connectivity index (χ2n) is 4.29. The molecule has 1 heterocycles. The van der Waals surface area contributed by atoms with Gasteiger partial charge in [0.1, 0.15) is 5.75 Å². The van der Waals surface area contributed by atoms with Crippen LogP contribution in [-0.2, 0) is 0 Å². The molecule has 1 aliphatic heterocycles. The van der Waals surface area contributed by atoms with Crippen molar-refractivity contribution in [2.45, 2.75) is 19.3 Å². The van der Waals surface area contributed by atoms with E-state index in [0.717, 1.165) is 25.3 Å². The maximum Gasteiger partial charge on any atom is 0.573 e. The molecule has 1 N–H and O–H groups in total. The fourth-order valence-electron chi connectivity index (χ4n) is 2.08. The van der Waals surface area contributed by atoms with Gasteiger partial charge in [0.25, 0.3) is 0 Å². The van der Waals surface area contributed by atoms with E-state index >= 15 is 0 Å². The lowest BCUT2D eigenvalue weighted by Crippen LogP contribution is -2.49. The van der Waals surface area contributed by atoms with Crippen molar-refractivity contribution in [1.82, 2.24) is 5.32 Å². The number of hydrogen-bond acceptors (Lipinski definition) is 3. The lowest BCUT2D eigenvalue weighted by Gasteiger charge is -2.36. The molecule has 0 aromatic heterocycles. The van der Waals surface area contributed by atoms with Crippen LogP contribution < -0.4 is 15.0 Å². The first-order valence-electron chi connectivity index (χ1n) is 5.79. The van der Waals surface area contributed by atoms with Gasteiger partial charge in [0.05, 0.1) is 0 Å². The average Bonchev–Trinajstić information content (AvgIpc) is 2.27. The molecular weight excluding hydrogens is 245 g/mol. The Morgan fingerprint density at radius 2 is 2.17 bits per heavy atom. The Hall–Kier alpha value is -1.43. The second-order valence-corrected chi connectivity index (χ2v) is 4.29. The summed E-state index contributed by atoms with van der Waals surface area (Å²) in [6.07, 6.45) is -4.65. The van der Waals surface area contributed by atoms with Crippen LogP contribution in [0.15, 0.2) is 24.3 Å². The van der Waals surface area contributed by atoms with Crippen molar-refractivity contribution >= 4 is 5.69 Å². The van der Waals surface area contributed by atoms with Gasteiger partial charge in [-0.2, -0.15) is 0 Å². The molecule has 3 nitrogen and oxygen atoms in total. The highest BCUT2D eigenvalue weighted by Gasteiger charge is 2.31. The van der Waals surface area contributed by atoms with Crippen molar-refractivity contribution in [1.29, 1.82) is 0 Å². The summed E-state index contributed by atoms with van der Waals surface area (Å²) in [5.74, 6) is -0.175. The van der Waals surface area contributed by atoms with Crippen molar-refractivity contribution in [3.63, 3.8) is 0 Å². The molecule has 18 heavy (non-hydrogen) atoms. The Labute approximate surface area is 104 Å². The second kappa shape index (κ2) is 5.06. The van der Waals surface area contributed by atoms with Crippen molar-refractivity contribution < 1.29 is 17.9 Å². The minimum Gasteiger partial charge on any atom is -0.406 e. The number of nitrogens with one attached hydrogen (secondary N) is 1. The average molecular weight is 260 g/mol. The Bertz CT molecular complexity index is 409. The van der Waals surface area contributed by atoms with Gasteiger partial charge >= 0.3 is 6.36 Å². The third-order valence-electron chi connectivity index (χ3n) is 2.88. The number of rotatable bonds is 2. The van der Waals surface area contributed by atoms with E-state index in [4.69, 9.17) is 0 Å². The molecule has 1 aliphatic rings. The van der Waals surface area contributed by atoms with E-state index in [1.807, 2.05) is 6.92 Å². The zero-order valence-corrected chi connectivity index (χ0v) is 10.00. The van der Waals surface area contributed by atoms with Crippen LogP contribution in [0.1, 0.15) is 6.92 Å². The fraction of sp³-hybridized carbons (Fsp3) is 0.500. The van der Waals surface area contributed by atoms with Crippen LogP contribution in [0.3, 0.4) is 0 Å². The third kappa shape index (κ3) is 3.29. The molecule has 100 valence electrons. The van der Waals surface area contributed by atoms with Gasteiger partial charge in [0.2, 0.25) is 0 Å². The van der Waals surface area contributed by atoms with Crippen LogP contribution >= 0.6 is 0 Å². The predicted molar refractivity (Wildman–Crippen MR) is 62.8 cm³/mol. The molecular formula is C12H15F3N2O. The molecule has 2 rings (SSSR count). The zero-order valence-electron chi connectivity index (χ0n) is 10.00. The lowest BCUT2D eigenvalue weighted by molar-refractivity contribution is -0.274. The van der Waals surface area contributed by atoms with Gasteiger partial charge in [-0.25, -0.2) is 0 Å². The number of alkyl halides is 3. The molecule has 1 saturated heterocycles. The van der Waals surface area contributed by atoms with Gasteiger partial charge in [-0.1, -0.05) is 6.07 Å². The van der Waals surface area contributed by atoms with Crippen LogP contribution in [0.5, 0.6) is 5.75 Å². The van der Waals surface area contributed by atoms with Crippen LogP contribution in [0.25, 0.3) is 0 Å². The van der Waals surface area contributed by atoms with E-state index in [-0.39, 0.29) is 11.8 Å². The van der Waals surface area contributed by atoms with Gasteiger partial charge in [0, 0.05) is 37.4 Å². The van der Waals surface area contributed by atoms with E-state index in [1.54, 1.807) is 12.1 Å². The predicted octanol–water partition coefficient (Wildman–Crippen LogP) is 2.38. The highest BCUT2D eigenvalue weighted by atomic mass is 19.4. The lowest BCUT2D eigenvalue weighted by atomic mass is 10.2. The van der Waals surface area contributed by atoms with E-state index in [2.05, 4.69) is 15.0 Å². The molecule has 0 bridgehead atoms. The van der Waals surface area contributed by atoms with E-state index in [1.165, 1.54) is 12.1 Å². The quantitative estimate of drug-likeness (QED) is 0.883. The van der Waals surface area contributed by atoms with Crippen LogP contribution in [0.2, 0.25) is 0 Å². The summed E-state index contributed by atoms with van der Waals surface area (Å²) in [5.41, 5.74) is 0.755. The maximum absolute atomic E-state index is 12.1. The van der Waals surface area contributed by atoms with Gasteiger partial charge in [-0.05, 0) is 19.1 Å². The molecule has 1 aromatic carbocycles. The summed E-state index contributed by atoms with van der Waals surface area (Å²) in [6, 6.07) is 6.36. The summed E-state index contributed by atoms with van der Waals surface area (Å²) < 4.78 is 40.4. The van der Waals surface area contributed by atoms with Crippen molar-refractivity contribution in [2.75, 3.05) is 24.5 Å². The minimum atomic E-state index is -4.65. The summed E-state index contributed by atoms with van der Waals surface area (Å²) in [7, 11) is 0. The van der Waals surface area contributed by atoms with Crippen LogP contribution in [0.4, 0.5) is 18.9 Å². The highest BCUT2D eigenvalue weighted by molar-refractivity contribution is 5.52. The number of halogens is 3. The van der Waals surface area contributed by atoms with Gasteiger partial charge in [0.15, 0.2) is 0 Å². The maximum atomic E-state index is 12.1. The summed E-state index contributed by atoms with van der Waals surface area (Å²) in [4.78, 5) is 2.07. The molecule has 6 heteroatoms. The minimum absolute atomic E-state index is 0.175. The first-order valence-corrected chi connectivity index (χ1v) is 5.79. The molecule has 0 aliphatic carbocycles. The van der Waals surface area contributed by atoms with E-state index in [9.17, 15) is 13.2 Å². The molecule has 0 radical (unpaired) electrons. The summed E-state index contributed by atoms with van der Waals surface area (Å²) >= 11 is 0. The smallest absolute Gasteiger partial charge is 0.406 e. The van der Waals surface area contributed by atoms with Gasteiger partial charge in [-0.3, -0.25) is 0 Å². The number of benzene rings is 1. The number of piperazine rings is 1. The first-order chi connectivity index (χ1) is 8.46. The fourth-order valence-corrected chi connectivity index (χ4v) is 2.08. The monoisotopic (exact) mass is 260 g/mol. The normalized spacial score (nSPS) is 20.9. The molecule has 0 spiro atoms. The third-order valence-corrected chi connectivity index (χ3v) is 2.88. The molecule has 0 saturated carbocycles. The number of nitrogens with zero attached hydrogens (tertiary/aromatic N) is 1. The number of hydrogen-bond donors (Lipinski definition) is 1. The van der Waals surface area contributed by atoms with Gasteiger partial charge < -0.3 is 15.0 Å². The Balaban J connectivity index is 2.16. The van der Waals surface area contributed by atoms with Crippen LogP contribution in [-0.4, -0.2) is 32.0 Å². The number of anilines is 1. The molecule has 1 fully saturated rings. The zero-order chi connectivity index (χ0) is 13.2. The van der Waals surface area contributed by atoms with Crippen LogP contribution in [0, 0.1) is 0 Å². The molecule has 1 atom stereocenters. The van der Waals surface area contributed by atoms with E-state index in [0.29, 0.717) is 0 Å². The standard InChI is InChI=1S/C12H15F3N2O/c1-9-8-16-5-6-17(9)10-3-2-4-11(7-10)18-12(13,14)15/h2-4,7,9,16H,5-6,8H2,1H3. The SMILES string of the molecule is CC1CNCCN1c1cccc(OC(F)(F)F)c1. The summed E-state index contributed by atoms with van der Waals surface area (Å²) in [5, 5.41) is 3.23. The van der Waals surface area contributed by atoms with Crippen molar-refractivity contribution in [3.8, 4) is 5.75 Å². The summed E-state index contributed by atoms with van der Waals surface area (Å²) in [6.45, 7) is 4.46. The van der Waals surface area contributed by atoms with Gasteiger partial charge in [-0.15, -0.1) is 13.2 Å². The Morgan fingerprint density at radius 1 is 1.39 bits per heavy atom. The largest absolute Gasteiger partial charge is 0.573 e. The van der Waals surface area contributed by atoms with Crippen molar-refractivity contribution in [2.24, 2.45) is 0 Å². The van der Waals surface area contributed by atoms with Crippen molar-refractivity contribution in [3.05, 3.63) is 24.3 Å².